The maximum Gasteiger partial charge on any atom is 2.00 e. The number of nitrogens with one attached hydrogen (secondary N) is 1. The van der Waals surface area contributed by atoms with Crippen molar-refractivity contribution in [3.05, 3.63) is 0 Å². The molecular formula is C4H9MgNO2S. The van der Waals surface area contributed by atoms with Crippen LogP contribution in [0.3, 0.4) is 0 Å². The van der Waals surface area contributed by atoms with Crippen LogP contribution in [0, 0.1) is 0 Å². The zero-order valence-corrected chi connectivity index (χ0v) is 7.19. The molecule has 1 atom stereocenters. The minimum atomic E-state index is -0.741. The second-order valence-corrected chi connectivity index (χ2v) is 2.64. The van der Waals surface area contributed by atoms with E-state index in [-0.39, 0.29) is 31.9 Å². The minimum absolute atomic E-state index is 0. The van der Waals surface area contributed by atoms with E-state index in [1.807, 2.05) is 0 Å². The molecule has 1 fully saturated rings. The van der Waals surface area contributed by atoms with Gasteiger partial charge in [-0.2, -0.15) is 0 Å². The Hall–Kier alpha value is 0.546. The number of thioether (sulfide) groups is 1. The molecule has 1 aliphatic rings. The van der Waals surface area contributed by atoms with Crippen LogP contribution in [0.15, 0.2) is 0 Å². The van der Waals surface area contributed by atoms with Gasteiger partial charge in [0, 0.05) is 11.6 Å². The van der Waals surface area contributed by atoms with Crippen LogP contribution in [0.2, 0.25) is 0 Å². The number of carboxylic acid groups (broad SMARTS) is 1. The van der Waals surface area contributed by atoms with E-state index in [0.717, 1.165) is 5.88 Å². The van der Waals surface area contributed by atoms with Gasteiger partial charge in [0.2, 0.25) is 0 Å². The molecule has 0 bridgehead atoms. The third-order valence-corrected chi connectivity index (χ3v) is 1.95. The van der Waals surface area contributed by atoms with E-state index in [4.69, 9.17) is 5.11 Å². The van der Waals surface area contributed by atoms with Crippen LogP contribution in [0.1, 0.15) is 2.85 Å². The van der Waals surface area contributed by atoms with Crippen LogP contribution in [-0.4, -0.2) is 51.8 Å². The van der Waals surface area contributed by atoms with Crippen molar-refractivity contribution in [3.8, 4) is 0 Å². The number of aliphatic carboxylic acids is 1. The molecule has 1 rings (SSSR count). The molecule has 9 heavy (non-hydrogen) atoms. The van der Waals surface area contributed by atoms with Gasteiger partial charge >= 0.3 is 29.0 Å². The van der Waals surface area contributed by atoms with Crippen LogP contribution in [-0.2, 0) is 4.79 Å². The third kappa shape index (κ3) is 2.75. The van der Waals surface area contributed by atoms with Crippen molar-refractivity contribution in [2.75, 3.05) is 11.6 Å². The summed E-state index contributed by atoms with van der Waals surface area (Å²) < 4.78 is 0. The largest absolute Gasteiger partial charge is 2.00 e. The molecule has 0 saturated carbocycles. The van der Waals surface area contributed by atoms with Crippen LogP contribution in [0.4, 0.5) is 0 Å². The van der Waals surface area contributed by atoms with E-state index in [9.17, 15) is 4.79 Å². The average Bonchev–Trinajstić information content (AvgIpc) is 2.12. The van der Waals surface area contributed by atoms with Gasteiger partial charge in [-0.05, 0) is 0 Å². The molecule has 5 heteroatoms. The minimum Gasteiger partial charge on any atom is -1.00 e. The van der Waals surface area contributed by atoms with Gasteiger partial charge < -0.3 is 7.96 Å². The molecule has 2 N–H and O–H groups in total. The van der Waals surface area contributed by atoms with E-state index < -0.39 is 5.97 Å². The maximum atomic E-state index is 10.1. The quantitative estimate of drug-likeness (QED) is 0.510. The molecule has 0 radical (unpaired) electrons. The van der Waals surface area contributed by atoms with E-state index in [2.05, 4.69) is 5.32 Å². The van der Waals surface area contributed by atoms with Gasteiger partial charge in [0.05, 0.1) is 0 Å². The average molecular weight is 159 g/mol. The fraction of sp³-hybridized carbons (Fsp3) is 0.750. The molecule has 1 saturated heterocycles. The van der Waals surface area contributed by atoms with E-state index in [1.54, 1.807) is 11.8 Å². The molecule has 0 aromatic heterocycles. The Labute approximate surface area is 76.7 Å². The molecule has 0 aliphatic carbocycles. The Morgan fingerprint density at radius 2 is 2.56 bits per heavy atom. The molecule has 1 heterocycles. The van der Waals surface area contributed by atoms with Gasteiger partial charge in [-0.15, -0.1) is 11.8 Å². The summed E-state index contributed by atoms with van der Waals surface area (Å²) in [6, 6.07) is -0.306. The first-order chi connectivity index (χ1) is 3.80. The van der Waals surface area contributed by atoms with E-state index in [0.29, 0.717) is 5.75 Å². The number of hydrogen-bond acceptors (Lipinski definition) is 3. The summed E-state index contributed by atoms with van der Waals surface area (Å²) in [7, 11) is 0. The van der Waals surface area contributed by atoms with Crippen molar-refractivity contribution in [1.29, 1.82) is 0 Å². The maximum absolute atomic E-state index is 10.1. The summed E-state index contributed by atoms with van der Waals surface area (Å²) in [5, 5.41) is 11.2. The Morgan fingerprint density at radius 3 is 2.78 bits per heavy atom. The van der Waals surface area contributed by atoms with Gasteiger partial charge in [-0.3, -0.25) is 10.1 Å². The van der Waals surface area contributed by atoms with Gasteiger partial charge in [0.1, 0.15) is 6.04 Å². The molecular weight excluding hydrogens is 150 g/mol. The second-order valence-electron chi connectivity index (χ2n) is 1.61. The van der Waals surface area contributed by atoms with Gasteiger partial charge in [-0.1, -0.05) is 0 Å². The predicted octanol–water partition coefficient (Wildman–Crippen LogP) is -0.422. The fourth-order valence-electron chi connectivity index (χ4n) is 0.554. The molecule has 50 valence electrons. The first-order valence-corrected chi connectivity index (χ1v) is 3.50. The smallest absolute Gasteiger partial charge is 1.00 e. The Balaban J connectivity index is -0.000000213. The second kappa shape index (κ2) is 4.38. The monoisotopic (exact) mass is 159 g/mol. The predicted molar refractivity (Wildman–Crippen MR) is 39.9 cm³/mol. The van der Waals surface area contributed by atoms with E-state index >= 15 is 0 Å². The summed E-state index contributed by atoms with van der Waals surface area (Å²) in [5.41, 5.74) is 0. The first-order valence-electron chi connectivity index (χ1n) is 2.34. The summed E-state index contributed by atoms with van der Waals surface area (Å²) in [6.45, 7) is 0. The molecule has 0 aromatic rings. The Bertz CT molecular complexity index is 112. The fourth-order valence-corrected chi connectivity index (χ4v) is 1.49. The van der Waals surface area contributed by atoms with Crippen LogP contribution >= 0.6 is 11.8 Å². The van der Waals surface area contributed by atoms with Crippen molar-refractivity contribution in [3.63, 3.8) is 0 Å². The molecule has 1 aliphatic heterocycles. The van der Waals surface area contributed by atoms with Crippen molar-refractivity contribution < 1.29 is 12.8 Å². The molecule has 0 aromatic carbocycles. The van der Waals surface area contributed by atoms with E-state index in [1.165, 1.54) is 0 Å². The Kier molecular flexibility index (Phi) is 4.64. The van der Waals surface area contributed by atoms with Crippen molar-refractivity contribution in [1.82, 2.24) is 5.32 Å². The molecule has 0 amide bonds. The molecule has 1 unspecified atom stereocenters. The first kappa shape index (κ1) is 9.55. The number of rotatable bonds is 1. The normalized spacial score (nSPS) is 25.1. The van der Waals surface area contributed by atoms with Crippen molar-refractivity contribution in [2.45, 2.75) is 6.04 Å². The molecule has 3 nitrogen and oxygen atoms in total. The Morgan fingerprint density at radius 1 is 1.89 bits per heavy atom. The SMILES string of the molecule is O=C(O)C1CSCN1.[H-].[H-].[Mg+2]. The van der Waals surface area contributed by atoms with Crippen molar-refractivity contribution in [2.24, 2.45) is 0 Å². The molecule has 0 spiro atoms. The summed E-state index contributed by atoms with van der Waals surface area (Å²) in [4.78, 5) is 10.1. The number of carbonyl (C=O) groups is 1. The zero-order chi connectivity index (χ0) is 5.98. The van der Waals surface area contributed by atoms with Crippen LogP contribution in [0.5, 0.6) is 0 Å². The van der Waals surface area contributed by atoms with Gasteiger partial charge in [0.15, 0.2) is 0 Å². The standard InChI is InChI=1S/C4H7NO2S.Mg.2H/c6-4(7)3-1-8-2-5-3;;;/h3,5H,1-2H2,(H,6,7);;;/q;+2;2*-1. The topological polar surface area (TPSA) is 49.3 Å². The summed E-state index contributed by atoms with van der Waals surface area (Å²) >= 11 is 1.62. The number of carboxylic acids is 1. The van der Waals surface area contributed by atoms with Crippen LogP contribution in [0.25, 0.3) is 0 Å². The van der Waals surface area contributed by atoms with Gasteiger partial charge in [-0.25, -0.2) is 0 Å². The van der Waals surface area contributed by atoms with Crippen LogP contribution < -0.4 is 5.32 Å². The van der Waals surface area contributed by atoms with Gasteiger partial charge in [0.25, 0.3) is 0 Å². The van der Waals surface area contributed by atoms with Crippen molar-refractivity contribution >= 4 is 40.8 Å². The third-order valence-electron chi connectivity index (χ3n) is 1.01. The summed E-state index contributed by atoms with van der Waals surface area (Å²) in [6.07, 6.45) is 0. The zero-order valence-electron chi connectivity index (χ0n) is 6.96. The number of hydrogen-bond donors (Lipinski definition) is 2. The summed E-state index contributed by atoms with van der Waals surface area (Å²) in [5.74, 6) is 0.738.